The minimum atomic E-state index is -0.278. The number of carbonyl (C=O) groups excluding carboxylic acids is 1. The van der Waals surface area contributed by atoms with Crippen molar-refractivity contribution in [3.05, 3.63) is 89.2 Å². The van der Waals surface area contributed by atoms with Crippen LogP contribution in [0.15, 0.2) is 72.8 Å². The molecule has 30 heavy (non-hydrogen) atoms. The van der Waals surface area contributed by atoms with Crippen LogP contribution in [0.5, 0.6) is 0 Å². The van der Waals surface area contributed by atoms with Gasteiger partial charge in [-0.2, -0.15) is 0 Å². The summed E-state index contributed by atoms with van der Waals surface area (Å²) in [4.78, 5) is 15.1. The number of benzene rings is 3. The molecule has 0 saturated carbocycles. The van der Waals surface area contributed by atoms with E-state index in [9.17, 15) is 9.18 Å². The molecule has 0 unspecified atom stereocenters. The van der Waals surface area contributed by atoms with Crippen molar-refractivity contribution in [1.29, 1.82) is 0 Å². The van der Waals surface area contributed by atoms with E-state index in [-0.39, 0.29) is 17.6 Å². The molecular weight excluding hydrogens is 399 g/mol. The van der Waals surface area contributed by atoms with Crippen molar-refractivity contribution in [1.82, 2.24) is 4.90 Å². The van der Waals surface area contributed by atoms with Crippen LogP contribution in [0.25, 0.3) is 11.1 Å². The summed E-state index contributed by atoms with van der Waals surface area (Å²) in [5.74, 6) is -0.268. The Morgan fingerprint density at radius 3 is 2.43 bits per heavy atom. The summed E-state index contributed by atoms with van der Waals surface area (Å²) < 4.78 is 14.1. The Hall–Kier alpha value is -2.69. The Morgan fingerprint density at radius 2 is 1.70 bits per heavy atom. The molecule has 3 nitrogen and oxygen atoms in total. The van der Waals surface area contributed by atoms with Crippen molar-refractivity contribution in [2.24, 2.45) is 5.92 Å². The monoisotopic (exact) mass is 422 g/mol. The lowest BCUT2D eigenvalue weighted by Crippen LogP contribution is -2.38. The lowest BCUT2D eigenvalue weighted by Gasteiger charge is -2.31. The molecular formula is C25H24ClFN2O. The van der Waals surface area contributed by atoms with Crippen LogP contribution >= 0.6 is 11.6 Å². The zero-order chi connectivity index (χ0) is 20.9. The number of nitrogens with zero attached hydrogens (tertiary/aromatic N) is 1. The predicted molar refractivity (Wildman–Crippen MR) is 120 cm³/mol. The van der Waals surface area contributed by atoms with Crippen LogP contribution in [0.4, 0.5) is 10.1 Å². The summed E-state index contributed by atoms with van der Waals surface area (Å²) in [6.45, 7) is 2.06. The third-order valence-electron chi connectivity index (χ3n) is 5.64. The summed E-state index contributed by atoms with van der Waals surface area (Å²) in [7, 11) is 0. The second-order valence-corrected chi connectivity index (χ2v) is 8.12. The first-order valence-corrected chi connectivity index (χ1v) is 10.6. The smallest absolute Gasteiger partial charge is 0.227 e. The van der Waals surface area contributed by atoms with E-state index in [1.807, 2.05) is 54.6 Å². The first-order valence-electron chi connectivity index (χ1n) is 10.2. The number of halogens is 2. The van der Waals surface area contributed by atoms with E-state index in [1.165, 1.54) is 6.07 Å². The second-order valence-electron chi connectivity index (χ2n) is 7.69. The highest BCUT2D eigenvalue weighted by atomic mass is 35.5. The Bertz CT molecular complexity index is 1020. The lowest BCUT2D eigenvalue weighted by molar-refractivity contribution is -0.121. The van der Waals surface area contributed by atoms with Gasteiger partial charge in [0, 0.05) is 34.3 Å². The summed E-state index contributed by atoms with van der Waals surface area (Å²) in [6.07, 6.45) is 1.52. The van der Waals surface area contributed by atoms with Crippen LogP contribution in [0.2, 0.25) is 5.02 Å². The lowest BCUT2D eigenvalue weighted by atomic mass is 9.95. The van der Waals surface area contributed by atoms with E-state index >= 15 is 0 Å². The molecule has 1 aliphatic heterocycles. The molecule has 0 radical (unpaired) electrons. The van der Waals surface area contributed by atoms with E-state index in [4.69, 9.17) is 11.6 Å². The van der Waals surface area contributed by atoms with Gasteiger partial charge >= 0.3 is 0 Å². The van der Waals surface area contributed by atoms with Crippen molar-refractivity contribution in [2.75, 3.05) is 18.4 Å². The van der Waals surface area contributed by atoms with Gasteiger partial charge in [0.1, 0.15) is 5.82 Å². The number of anilines is 1. The van der Waals surface area contributed by atoms with Crippen LogP contribution in [0, 0.1) is 11.7 Å². The van der Waals surface area contributed by atoms with Gasteiger partial charge < -0.3 is 5.32 Å². The maximum absolute atomic E-state index is 14.1. The van der Waals surface area contributed by atoms with Gasteiger partial charge in [-0.1, -0.05) is 66.2 Å². The third kappa shape index (κ3) is 4.89. The van der Waals surface area contributed by atoms with Gasteiger partial charge in [-0.25, -0.2) is 4.39 Å². The number of carbonyl (C=O) groups is 1. The molecule has 154 valence electrons. The van der Waals surface area contributed by atoms with Gasteiger partial charge in [-0.15, -0.1) is 0 Å². The number of rotatable bonds is 5. The first-order chi connectivity index (χ1) is 14.6. The van der Waals surface area contributed by atoms with E-state index in [0.717, 1.165) is 42.7 Å². The minimum Gasteiger partial charge on any atom is -0.325 e. The molecule has 3 aromatic rings. The number of amides is 1. The Kier molecular flexibility index (Phi) is 6.46. The molecule has 1 fully saturated rings. The van der Waals surface area contributed by atoms with E-state index in [2.05, 4.69) is 10.2 Å². The molecule has 1 heterocycles. The van der Waals surface area contributed by atoms with E-state index in [0.29, 0.717) is 17.1 Å². The predicted octanol–water partition coefficient (Wildman–Crippen LogP) is 6.00. The van der Waals surface area contributed by atoms with Crippen molar-refractivity contribution in [3.63, 3.8) is 0 Å². The molecule has 5 heteroatoms. The van der Waals surface area contributed by atoms with Gasteiger partial charge in [0.15, 0.2) is 0 Å². The van der Waals surface area contributed by atoms with Crippen LogP contribution in [0.3, 0.4) is 0 Å². The van der Waals surface area contributed by atoms with Gasteiger partial charge in [0.25, 0.3) is 0 Å². The van der Waals surface area contributed by atoms with Gasteiger partial charge in [-0.05, 0) is 49.7 Å². The zero-order valence-electron chi connectivity index (χ0n) is 16.7. The van der Waals surface area contributed by atoms with Crippen molar-refractivity contribution >= 4 is 23.2 Å². The Labute approximate surface area is 181 Å². The fraction of sp³-hybridized carbons (Fsp3) is 0.240. The summed E-state index contributed by atoms with van der Waals surface area (Å²) >= 11 is 5.83. The zero-order valence-corrected chi connectivity index (χ0v) is 17.4. The average Bonchev–Trinajstić information content (AvgIpc) is 2.77. The molecule has 0 aromatic heterocycles. The standard InChI is InChI=1S/C25H24ClFN2O/c26-21-11-10-20(23(27)16-21)17-29-14-12-19(13-15-29)25(30)28-24-9-5-4-8-22(24)18-6-2-1-3-7-18/h1-11,16,19H,12-15,17H2,(H,28,30). The SMILES string of the molecule is O=C(Nc1ccccc1-c1ccccc1)C1CCN(Cc2ccc(Cl)cc2F)CC1. The van der Waals surface area contributed by atoms with Crippen LogP contribution in [-0.4, -0.2) is 23.9 Å². The topological polar surface area (TPSA) is 32.3 Å². The Morgan fingerprint density at radius 1 is 1.00 bits per heavy atom. The van der Waals surface area contributed by atoms with Gasteiger partial charge in [0.2, 0.25) is 5.91 Å². The van der Waals surface area contributed by atoms with Gasteiger partial charge in [0.05, 0.1) is 0 Å². The maximum Gasteiger partial charge on any atom is 0.227 e. The molecule has 4 rings (SSSR count). The fourth-order valence-corrected chi connectivity index (χ4v) is 4.10. The summed E-state index contributed by atoms with van der Waals surface area (Å²) in [5.41, 5.74) is 3.56. The molecule has 0 atom stereocenters. The van der Waals surface area contributed by atoms with Crippen LogP contribution in [-0.2, 0) is 11.3 Å². The number of hydrogen-bond donors (Lipinski definition) is 1. The third-order valence-corrected chi connectivity index (χ3v) is 5.87. The highest BCUT2D eigenvalue weighted by Gasteiger charge is 2.26. The summed E-state index contributed by atoms with van der Waals surface area (Å²) in [6, 6.07) is 22.7. The molecule has 0 spiro atoms. The average molecular weight is 423 g/mol. The number of para-hydroxylation sites is 1. The highest BCUT2D eigenvalue weighted by molar-refractivity contribution is 6.30. The number of piperidine rings is 1. The van der Waals surface area contributed by atoms with Gasteiger partial charge in [-0.3, -0.25) is 9.69 Å². The highest BCUT2D eigenvalue weighted by Crippen LogP contribution is 2.29. The van der Waals surface area contributed by atoms with E-state index < -0.39 is 0 Å². The molecule has 1 N–H and O–H groups in total. The number of likely N-dealkylation sites (tertiary alicyclic amines) is 1. The Balaban J connectivity index is 1.36. The quantitative estimate of drug-likeness (QED) is 0.547. The molecule has 0 bridgehead atoms. The summed E-state index contributed by atoms with van der Waals surface area (Å²) in [5, 5.41) is 3.53. The normalized spacial score (nSPS) is 15.1. The minimum absolute atomic E-state index is 0.0415. The first kappa shape index (κ1) is 20.6. The largest absolute Gasteiger partial charge is 0.325 e. The van der Waals surface area contributed by atoms with Crippen LogP contribution in [0.1, 0.15) is 18.4 Å². The van der Waals surface area contributed by atoms with Crippen molar-refractivity contribution in [3.8, 4) is 11.1 Å². The fourth-order valence-electron chi connectivity index (χ4n) is 3.94. The van der Waals surface area contributed by atoms with Crippen molar-refractivity contribution < 1.29 is 9.18 Å². The van der Waals surface area contributed by atoms with Crippen molar-refractivity contribution in [2.45, 2.75) is 19.4 Å². The number of nitrogens with one attached hydrogen (secondary N) is 1. The molecule has 0 aliphatic carbocycles. The second kappa shape index (κ2) is 9.41. The molecule has 1 amide bonds. The number of hydrogen-bond acceptors (Lipinski definition) is 2. The molecule has 1 saturated heterocycles. The molecule has 1 aliphatic rings. The molecule has 3 aromatic carbocycles. The maximum atomic E-state index is 14.1. The van der Waals surface area contributed by atoms with E-state index in [1.54, 1.807) is 12.1 Å². The van der Waals surface area contributed by atoms with Crippen LogP contribution < -0.4 is 5.32 Å².